The van der Waals surface area contributed by atoms with Crippen LogP contribution in [0.5, 0.6) is 5.75 Å². The average Bonchev–Trinajstić information content (AvgIpc) is 2.79. The molecule has 0 saturated heterocycles. The van der Waals surface area contributed by atoms with Crippen molar-refractivity contribution in [3.8, 4) is 5.75 Å². The van der Waals surface area contributed by atoms with Gasteiger partial charge in [0.15, 0.2) is 0 Å². The average molecular weight is 541 g/mol. The number of halogens is 3. The third-order valence-corrected chi connectivity index (χ3v) is 7.63. The van der Waals surface area contributed by atoms with E-state index in [4.69, 9.17) is 34.8 Å². The molecule has 2 atom stereocenters. The maximum atomic E-state index is 12.9. The Labute approximate surface area is 213 Å². The van der Waals surface area contributed by atoms with Crippen molar-refractivity contribution in [3.05, 3.63) is 75.0 Å². The lowest BCUT2D eigenvalue weighted by Crippen LogP contribution is -2.31. The molecule has 2 unspecified atom stereocenters. The molecule has 1 heterocycles. The van der Waals surface area contributed by atoms with Crippen LogP contribution in [-0.4, -0.2) is 31.4 Å². The summed E-state index contributed by atoms with van der Waals surface area (Å²) in [6.07, 6.45) is 1.78. The summed E-state index contributed by atoms with van der Waals surface area (Å²) < 4.78 is 12.9. The van der Waals surface area contributed by atoms with Gasteiger partial charge >= 0.3 is 0 Å². The molecule has 0 fully saturated rings. The van der Waals surface area contributed by atoms with E-state index in [-0.39, 0.29) is 32.7 Å². The lowest BCUT2D eigenvalue weighted by Gasteiger charge is -2.17. The van der Waals surface area contributed by atoms with E-state index in [1.807, 2.05) is 6.92 Å². The number of anilines is 2. The summed E-state index contributed by atoms with van der Waals surface area (Å²) in [5.74, 6) is -1.41. The number of phenolic OH excluding ortho intramolecular Hbond substituents is 1. The van der Waals surface area contributed by atoms with Gasteiger partial charge in [0.2, 0.25) is 5.91 Å². The number of carbonyl (C=O) groups excluding carboxylic acids is 2. The van der Waals surface area contributed by atoms with Crippen LogP contribution in [0.2, 0.25) is 15.1 Å². The summed E-state index contributed by atoms with van der Waals surface area (Å²) in [5.41, 5.74) is 1.13. The monoisotopic (exact) mass is 539 g/mol. The van der Waals surface area contributed by atoms with Crippen LogP contribution in [-0.2, 0) is 15.6 Å². The number of carbonyl (C=O) groups is 2. The van der Waals surface area contributed by atoms with E-state index in [1.54, 1.807) is 19.1 Å². The topological polar surface area (TPSA) is 108 Å². The lowest BCUT2D eigenvalue weighted by atomic mass is 10.2. The van der Waals surface area contributed by atoms with E-state index in [0.717, 1.165) is 5.69 Å². The largest absolute Gasteiger partial charge is 0.506 e. The zero-order valence-corrected chi connectivity index (χ0v) is 21.1. The molecule has 0 aliphatic rings. The first-order valence-corrected chi connectivity index (χ1v) is 12.4. The van der Waals surface area contributed by atoms with Crippen molar-refractivity contribution in [2.75, 3.05) is 10.6 Å². The second kappa shape index (κ2) is 11.2. The molecule has 2 amide bonds. The molecule has 3 aromatic rings. The first-order valence-electron chi connectivity index (χ1n) is 10.0. The molecule has 1 aromatic heterocycles. The number of hydrogen-bond acceptors (Lipinski definition) is 5. The molecular formula is C23H20Cl3N3O4S. The fourth-order valence-corrected chi connectivity index (χ4v) is 4.73. The Morgan fingerprint density at radius 1 is 1.00 bits per heavy atom. The number of aromatic nitrogens is 1. The predicted molar refractivity (Wildman–Crippen MR) is 136 cm³/mol. The van der Waals surface area contributed by atoms with E-state index in [1.165, 1.54) is 36.5 Å². The van der Waals surface area contributed by atoms with Gasteiger partial charge in [0.05, 0.1) is 42.1 Å². The van der Waals surface area contributed by atoms with Gasteiger partial charge in [0.25, 0.3) is 5.91 Å². The molecular weight excluding hydrogens is 521 g/mol. The smallest absolute Gasteiger partial charge is 0.255 e. The molecule has 11 heteroatoms. The number of pyridine rings is 1. The minimum Gasteiger partial charge on any atom is -0.506 e. The lowest BCUT2D eigenvalue weighted by molar-refractivity contribution is -0.115. The SMILES string of the molecule is CCC(C(=O)Nc1cc(O)c(NC(=O)c2ccc(Cl)c(Cl)c2)cc1Cl)S(=O)c1ccc(C)nc1. The third-order valence-electron chi connectivity index (χ3n) is 4.81. The minimum atomic E-state index is -1.64. The number of hydrogen-bond donors (Lipinski definition) is 3. The van der Waals surface area contributed by atoms with Crippen LogP contribution < -0.4 is 10.6 Å². The van der Waals surface area contributed by atoms with E-state index >= 15 is 0 Å². The second-order valence-corrected chi connectivity index (χ2v) is 10.1. The van der Waals surface area contributed by atoms with E-state index in [0.29, 0.717) is 16.3 Å². The number of nitrogens with one attached hydrogen (secondary N) is 2. The number of aromatic hydroxyl groups is 1. The zero-order chi connectivity index (χ0) is 25.0. The molecule has 0 spiro atoms. The fourth-order valence-electron chi connectivity index (χ4n) is 2.97. The summed E-state index contributed by atoms with van der Waals surface area (Å²) in [5, 5.41) is 15.2. The van der Waals surface area contributed by atoms with Crippen molar-refractivity contribution in [2.24, 2.45) is 0 Å². The van der Waals surface area contributed by atoms with Crippen LogP contribution in [0.4, 0.5) is 11.4 Å². The Balaban J connectivity index is 1.76. The van der Waals surface area contributed by atoms with E-state index in [2.05, 4.69) is 15.6 Å². The van der Waals surface area contributed by atoms with Gasteiger partial charge in [-0.15, -0.1) is 0 Å². The molecule has 0 saturated carbocycles. The van der Waals surface area contributed by atoms with Crippen LogP contribution in [0.3, 0.4) is 0 Å². The predicted octanol–water partition coefficient (Wildman–Crippen LogP) is 5.83. The molecule has 34 heavy (non-hydrogen) atoms. The highest BCUT2D eigenvalue weighted by molar-refractivity contribution is 7.86. The van der Waals surface area contributed by atoms with Gasteiger partial charge < -0.3 is 15.7 Å². The van der Waals surface area contributed by atoms with Crippen molar-refractivity contribution in [2.45, 2.75) is 30.4 Å². The van der Waals surface area contributed by atoms with Crippen LogP contribution in [0.25, 0.3) is 0 Å². The van der Waals surface area contributed by atoms with Crippen molar-refractivity contribution in [1.82, 2.24) is 4.98 Å². The van der Waals surface area contributed by atoms with Crippen LogP contribution >= 0.6 is 34.8 Å². The van der Waals surface area contributed by atoms with E-state index in [9.17, 15) is 18.9 Å². The standard InChI is InChI=1S/C23H20Cl3N3O4S/c1-3-21(34(33)14-6-4-12(2)27-11-14)23(32)28-18-10-20(30)19(9-17(18)26)29-22(31)13-5-7-15(24)16(25)8-13/h4-11,21,30H,3H2,1-2H3,(H,28,32)(H,29,31). The molecule has 0 aliphatic heterocycles. The zero-order valence-electron chi connectivity index (χ0n) is 18.1. The Bertz CT molecular complexity index is 1270. The molecule has 2 aromatic carbocycles. The van der Waals surface area contributed by atoms with Gasteiger partial charge in [0, 0.05) is 23.5 Å². The molecule has 0 bridgehead atoms. The molecule has 3 N–H and O–H groups in total. The summed E-state index contributed by atoms with van der Waals surface area (Å²) >= 11 is 18.1. The van der Waals surface area contributed by atoms with Gasteiger partial charge in [-0.2, -0.15) is 0 Å². The summed E-state index contributed by atoms with van der Waals surface area (Å²) in [6, 6.07) is 10.2. The Morgan fingerprint density at radius 3 is 2.35 bits per heavy atom. The normalized spacial score (nSPS) is 12.6. The Hall–Kier alpha value is -2.65. The van der Waals surface area contributed by atoms with Gasteiger partial charge in [0.1, 0.15) is 11.0 Å². The van der Waals surface area contributed by atoms with Crippen molar-refractivity contribution in [3.63, 3.8) is 0 Å². The number of aryl methyl sites for hydroxylation is 1. The highest BCUT2D eigenvalue weighted by Gasteiger charge is 2.26. The molecule has 0 aliphatic carbocycles. The third kappa shape index (κ3) is 6.07. The molecule has 3 rings (SSSR count). The number of nitrogens with zero attached hydrogens (tertiary/aromatic N) is 1. The Kier molecular flexibility index (Phi) is 8.54. The van der Waals surface area contributed by atoms with Gasteiger partial charge in [-0.3, -0.25) is 18.8 Å². The van der Waals surface area contributed by atoms with Gasteiger partial charge in [-0.25, -0.2) is 0 Å². The van der Waals surface area contributed by atoms with Crippen LogP contribution in [0.15, 0.2) is 53.6 Å². The maximum Gasteiger partial charge on any atom is 0.255 e. The Morgan fingerprint density at radius 2 is 1.74 bits per heavy atom. The quantitative estimate of drug-likeness (QED) is 0.327. The highest BCUT2D eigenvalue weighted by Crippen LogP contribution is 2.35. The summed E-state index contributed by atoms with van der Waals surface area (Å²) in [7, 11) is -1.64. The van der Waals surface area contributed by atoms with Gasteiger partial charge in [-0.1, -0.05) is 41.7 Å². The number of amides is 2. The summed E-state index contributed by atoms with van der Waals surface area (Å²) in [4.78, 5) is 29.9. The molecule has 0 radical (unpaired) electrons. The van der Waals surface area contributed by atoms with Crippen molar-refractivity contribution < 1.29 is 18.9 Å². The maximum absolute atomic E-state index is 12.9. The van der Waals surface area contributed by atoms with Crippen LogP contribution in [0, 0.1) is 6.92 Å². The number of benzene rings is 2. The van der Waals surface area contributed by atoms with Crippen molar-refractivity contribution in [1.29, 1.82) is 0 Å². The first kappa shape index (κ1) is 26.0. The fraction of sp³-hybridized carbons (Fsp3) is 0.174. The highest BCUT2D eigenvalue weighted by atomic mass is 35.5. The molecule has 7 nitrogen and oxygen atoms in total. The van der Waals surface area contributed by atoms with Crippen molar-refractivity contribution >= 4 is 68.8 Å². The molecule has 178 valence electrons. The minimum absolute atomic E-state index is 0.0282. The number of rotatable bonds is 7. The van der Waals surface area contributed by atoms with E-state index < -0.39 is 27.9 Å². The first-order chi connectivity index (χ1) is 16.1. The number of phenols is 1. The van der Waals surface area contributed by atoms with Gasteiger partial charge in [-0.05, 0) is 49.7 Å². The second-order valence-electron chi connectivity index (χ2n) is 7.25. The summed E-state index contributed by atoms with van der Waals surface area (Å²) in [6.45, 7) is 3.55. The van der Waals surface area contributed by atoms with Crippen LogP contribution in [0.1, 0.15) is 29.4 Å².